The van der Waals surface area contributed by atoms with Crippen LogP contribution in [0.2, 0.25) is 0 Å². The monoisotopic (exact) mass is 347 g/mol. The van der Waals surface area contributed by atoms with Crippen LogP contribution >= 0.6 is 0 Å². The second-order valence-electron chi connectivity index (χ2n) is 5.67. The van der Waals surface area contributed by atoms with Gasteiger partial charge in [0.25, 0.3) is 5.89 Å². The Morgan fingerprint density at radius 3 is 2.69 bits per heavy atom. The van der Waals surface area contributed by atoms with Crippen molar-refractivity contribution < 1.29 is 13.9 Å². The fourth-order valence-corrected chi connectivity index (χ4v) is 2.53. The van der Waals surface area contributed by atoms with E-state index in [9.17, 15) is 9.90 Å². The number of benzene rings is 2. The van der Waals surface area contributed by atoms with E-state index >= 15 is 0 Å². The van der Waals surface area contributed by atoms with Gasteiger partial charge in [0.05, 0.1) is 5.39 Å². The second kappa shape index (κ2) is 6.29. The van der Waals surface area contributed by atoms with Gasteiger partial charge in [-0.15, -0.1) is 5.10 Å². The van der Waals surface area contributed by atoms with Gasteiger partial charge in [0.1, 0.15) is 11.3 Å². The molecule has 7 nitrogen and oxygen atoms in total. The summed E-state index contributed by atoms with van der Waals surface area (Å²) >= 11 is 0. The van der Waals surface area contributed by atoms with E-state index in [4.69, 9.17) is 8.83 Å². The van der Waals surface area contributed by atoms with Crippen LogP contribution in [-0.2, 0) is 0 Å². The molecule has 0 spiro atoms. The first-order valence-electron chi connectivity index (χ1n) is 7.81. The van der Waals surface area contributed by atoms with Crippen molar-refractivity contribution in [3.63, 3.8) is 0 Å². The van der Waals surface area contributed by atoms with Crippen molar-refractivity contribution in [2.75, 3.05) is 0 Å². The normalized spacial score (nSPS) is 11.4. The largest absolute Gasteiger partial charge is 0.506 e. The van der Waals surface area contributed by atoms with Gasteiger partial charge in [-0.3, -0.25) is 0 Å². The van der Waals surface area contributed by atoms with E-state index in [1.165, 1.54) is 0 Å². The van der Waals surface area contributed by atoms with E-state index in [0.29, 0.717) is 5.39 Å². The zero-order chi connectivity index (χ0) is 18.1. The Bertz CT molecular complexity index is 1180. The third-order valence-corrected chi connectivity index (χ3v) is 3.79. The lowest BCUT2D eigenvalue weighted by Crippen LogP contribution is -2.04. The van der Waals surface area contributed by atoms with E-state index in [1.807, 2.05) is 37.3 Å². The van der Waals surface area contributed by atoms with Crippen LogP contribution in [0.5, 0.6) is 5.75 Å². The number of nitrogens with zero attached hydrogens (tertiary/aromatic N) is 3. The van der Waals surface area contributed by atoms with E-state index in [0.717, 1.165) is 11.1 Å². The number of aromatic hydroxyl groups is 1. The van der Waals surface area contributed by atoms with Crippen molar-refractivity contribution in [1.82, 2.24) is 10.2 Å². The zero-order valence-corrected chi connectivity index (χ0v) is 13.7. The minimum atomic E-state index is -0.763. The van der Waals surface area contributed by atoms with Gasteiger partial charge >= 0.3 is 11.6 Å². The van der Waals surface area contributed by atoms with Crippen LogP contribution in [-0.4, -0.2) is 21.5 Å². The Hall–Kier alpha value is -3.74. The first-order chi connectivity index (χ1) is 12.6. The standard InChI is InChI=1S/C19H13N3O4/c1-11-7-8-14-13(9-11)16(23)15(18(24)25-14)17-21-22-19(26-17)20-10-12-5-3-2-4-6-12/h2-10,23H,1H3/b20-10+. The van der Waals surface area contributed by atoms with Crippen molar-refractivity contribution in [3.8, 4) is 17.2 Å². The lowest BCUT2D eigenvalue weighted by Gasteiger charge is -2.03. The Balaban J connectivity index is 1.76. The predicted molar refractivity (Wildman–Crippen MR) is 95.9 cm³/mol. The van der Waals surface area contributed by atoms with Crippen LogP contribution in [0.1, 0.15) is 11.1 Å². The molecule has 2 aromatic carbocycles. The average Bonchev–Trinajstić information content (AvgIpc) is 3.10. The summed E-state index contributed by atoms with van der Waals surface area (Å²) in [7, 11) is 0. The molecule has 0 aliphatic rings. The van der Waals surface area contributed by atoms with Crippen LogP contribution in [0.4, 0.5) is 6.01 Å². The maximum atomic E-state index is 12.2. The first kappa shape index (κ1) is 15.8. The number of aliphatic imine (C=N–C) groups is 1. The topological polar surface area (TPSA) is 102 Å². The minimum Gasteiger partial charge on any atom is -0.506 e. The summed E-state index contributed by atoms with van der Waals surface area (Å²) in [5.41, 5.74) is 1.10. The Morgan fingerprint density at radius 2 is 1.88 bits per heavy atom. The highest BCUT2D eigenvalue weighted by atomic mass is 16.4. The first-order valence-corrected chi connectivity index (χ1v) is 7.81. The zero-order valence-electron chi connectivity index (χ0n) is 13.7. The Morgan fingerprint density at radius 1 is 1.08 bits per heavy atom. The second-order valence-corrected chi connectivity index (χ2v) is 5.67. The smallest absolute Gasteiger partial charge is 0.353 e. The van der Waals surface area contributed by atoms with E-state index < -0.39 is 5.63 Å². The molecule has 0 amide bonds. The molecule has 1 N–H and O–H groups in total. The molecule has 0 aliphatic carbocycles. The molecule has 0 aliphatic heterocycles. The molecule has 26 heavy (non-hydrogen) atoms. The number of hydrogen-bond acceptors (Lipinski definition) is 7. The number of hydrogen-bond donors (Lipinski definition) is 1. The third kappa shape index (κ3) is 2.86. The van der Waals surface area contributed by atoms with Crippen LogP contribution in [0.3, 0.4) is 0 Å². The molecule has 2 heterocycles. The summed E-state index contributed by atoms with van der Waals surface area (Å²) < 4.78 is 10.6. The summed E-state index contributed by atoms with van der Waals surface area (Å²) in [4.78, 5) is 16.3. The molecule has 4 aromatic rings. The Labute approximate surface area is 147 Å². The molecule has 2 aromatic heterocycles. The molecule has 7 heteroatoms. The van der Waals surface area contributed by atoms with Crippen molar-refractivity contribution in [2.45, 2.75) is 6.92 Å². The molecule has 0 unspecified atom stereocenters. The van der Waals surface area contributed by atoms with Crippen molar-refractivity contribution in [3.05, 3.63) is 70.1 Å². The summed E-state index contributed by atoms with van der Waals surface area (Å²) in [6.45, 7) is 1.87. The molecular weight excluding hydrogens is 334 g/mol. The van der Waals surface area contributed by atoms with E-state index in [2.05, 4.69) is 15.2 Å². The molecule has 0 saturated carbocycles. The molecule has 0 saturated heterocycles. The van der Waals surface area contributed by atoms with Crippen LogP contribution < -0.4 is 5.63 Å². The molecular formula is C19H13N3O4. The van der Waals surface area contributed by atoms with Gasteiger partial charge in [-0.25, -0.2) is 9.79 Å². The average molecular weight is 347 g/mol. The summed E-state index contributed by atoms with van der Waals surface area (Å²) in [5, 5.41) is 18.5. The Kier molecular flexibility index (Phi) is 3.81. The van der Waals surface area contributed by atoms with Gasteiger partial charge in [-0.05, 0) is 24.6 Å². The van der Waals surface area contributed by atoms with Gasteiger partial charge in [0, 0.05) is 6.21 Å². The SMILES string of the molecule is Cc1ccc2oc(=O)c(-c3nnc(/N=C/c4ccccc4)o3)c(O)c2c1. The number of aromatic nitrogens is 2. The molecule has 0 atom stereocenters. The fraction of sp³-hybridized carbons (Fsp3) is 0.0526. The van der Waals surface area contributed by atoms with Crippen molar-refractivity contribution in [2.24, 2.45) is 4.99 Å². The van der Waals surface area contributed by atoms with Gasteiger partial charge in [0.15, 0.2) is 5.56 Å². The van der Waals surface area contributed by atoms with Crippen LogP contribution in [0.15, 0.2) is 67.2 Å². The highest BCUT2D eigenvalue weighted by Crippen LogP contribution is 2.33. The van der Waals surface area contributed by atoms with Gasteiger partial charge in [-0.1, -0.05) is 47.1 Å². The summed E-state index contributed by atoms with van der Waals surface area (Å²) in [6, 6.07) is 14.5. The van der Waals surface area contributed by atoms with Crippen molar-refractivity contribution >= 4 is 23.2 Å². The van der Waals surface area contributed by atoms with Crippen molar-refractivity contribution in [1.29, 1.82) is 0 Å². The molecule has 0 fully saturated rings. The number of fused-ring (bicyclic) bond motifs is 1. The van der Waals surface area contributed by atoms with E-state index in [-0.39, 0.29) is 28.8 Å². The van der Waals surface area contributed by atoms with Gasteiger partial charge in [0.2, 0.25) is 0 Å². The fourth-order valence-electron chi connectivity index (χ4n) is 2.53. The summed E-state index contributed by atoms with van der Waals surface area (Å²) in [6.07, 6.45) is 1.56. The quantitative estimate of drug-likeness (QED) is 0.449. The molecule has 0 radical (unpaired) electrons. The maximum absolute atomic E-state index is 12.2. The number of rotatable bonds is 3. The van der Waals surface area contributed by atoms with E-state index in [1.54, 1.807) is 24.4 Å². The lowest BCUT2D eigenvalue weighted by atomic mass is 10.1. The van der Waals surface area contributed by atoms with Crippen LogP contribution in [0.25, 0.3) is 22.4 Å². The van der Waals surface area contributed by atoms with Gasteiger partial charge in [-0.2, -0.15) is 0 Å². The van der Waals surface area contributed by atoms with Crippen LogP contribution in [0, 0.1) is 6.92 Å². The molecule has 0 bridgehead atoms. The minimum absolute atomic E-state index is 0.0352. The number of aryl methyl sites for hydroxylation is 1. The molecule has 128 valence electrons. The third-order valence-electron chi connectivity index (χ3n) is 3.79. The highest BCUT2D eigenvalue weighted by molar-refractivity contribution is 5.89. The maximum Gasteiger partial charge on any atom is 0.353 e. The predicted octanol–water partition coefficient (Wildman–Crippen LogP) is 3.61. The lowest BCUT2D eigenvalue weighted by molar-refractivity contribution is 0.465. The molecule has 4 rings (SSSR count). The summed E-state index contributed by atoms with van der Waals surface area (Å²) in [5.74, 6) is -0.415. The van der Waals surface area contributed by atoms with Gasteiger partial charge < -0.3 is 13.9 Å². The highest BCUT2D eigenvalue weighted by Gasteiger charge is 2.21.